The van der Waals surface area contributed by atoms with Crippen LogP contribution in [0, 0.1) is 0 Å². The van der Waals surface area contributed by atoms with E-state index < -0.39 is 19.0 Å². The van der Waals surface area contributed by atoms with E-state index >= 15 is 0 Å². The van der Waals surface area contributed by atoms with Crippen molar-refractivity contribution in [2.75, 3.05) is 19.5 Å². The maximum atomic E-state index is 11.9. The van der Waals surface area contributed by atoms with Gasteiger partial charge in [-0.25, -0.2) is 18.6 Å². The Morgan fingerprint density at radius 2 is 2.25 bits per heavy atom. The minimum absolute atomic E-state index is 0.0547. The lowest BCUT2D eigenvalue weighted by atomic mass is 10.3. The zero-order valence-electron chi connectivity index (χ0n) is 8.44. The van der Waals surface area contributed by atoms with Gasteiger partial charge in [-0.15, -0.1) is 0 Å². The van der Waals surface area contributed by atoms with Crippen LogP contribution < -0.4 is 10.5 Å². The van der Waals surface area contributed by atoms with Crippen molar-refractivity contribution < 1.29 is 23.0 Å². The largest absolute Gasteiger partial charge is 0.470 e. The van der Waals surface area contributed by atoms with E-state index in [1.165, 1.54) is 19.2 Å². The number of halogens is 2. The third-order valence-corrected chi connectivity index (χ3v) is 1.63. The maximum Gasteiger partial charge on any atom is 0.356 e. The first-order valence-electron chi connectivity index (χ1n) is 4.30. The summed E-state index contributed by atoms with van der Waals surface area (Å²) >= 11 is 0. The van der Waals surface area contributed by atoms with Gasteiger partial charge in [0.2, 0.25) is 5.88 Å². The fourth-order valence-corrected chi connectivity index (χ4v) is 0.927. The zero-order chi connectivity index (χ0) is 12.1. The summed E-state index contributed by atoms with van der Waals surface area (Å²) in [6, 6.07) is 2.65. The van der Waals surface area contributed by atoms with Crippen LogP contribution in [0.15, 0.2) is 12.1 Å². The fourth-order valence-electron chi connectivity index (χ4n) is 0.927. The van der Waals surface area contributed by atoms with Crippen LogP contribution >= 0.6 is 0 Å². The van der Waals surface area contributed by atoms with Crippen LogP contribution in [0.2, 0.25) is 0 Å². The minimum Gasteiger partial charge on any atom is -0.470 e. The first kappa shape index (κ1) is 12.2. The Morgan fingerprint density at radius 1 is 1.56 bits per heavy atom. The van der Waals surface area contributed by atoms with Crippen LogP contribution in [-0.4, -0.2) is 31.1 Å². The van der Waals surface area contributed by atoms with Crippen molar-refractivity contribution in [1.82, 2.24) is 4.98 Å². The van der Waals surface area contributed by atoms with Crippen LogP contribution in [0.4, 0.5) is 14.5 Å². The van der Waals surface area contributed by atoms with Gasteiger partial charge < -0.3 is 15.2 Å². The number of ether oxygens (including phenoxy) is 2. The molecule has 0 amide bonds. The highest BCUT2D eigenvalue weighted by Gasteiger charge is 2.12. The van der Waals surface area contributed by atoms with E-state index in [1.54, 1.807) is 0 Å². The fraction of sp³-hybridized carbons (Fsp3) is 0.333. The summed E-state index contributed by atoms with van der Waals surface area (Å²) in [6.45, 7) is -0.832. The van der Waals surface area contributed by atoms with Crippen LogP contribution in [0.3, 0.4) is 0 Å². The highest BCUT2D eigenvalue weighted by molar-refractivity contribution is 5.87. The van der Waals surface area contributed by atoms with Crippen molar-refractivity contribution >= 4 is 11.7 Å². The Hall–Kier alpha value is -1.92. The molecule has 7 heteroatoms. The van der Waals surface area contributed by atoms with E-state index in [0.717, 1.165) is 0 Å². The average Bonchev–Trinajstić information content (AvgIpc) is 2.26. The molecule has 0 saturated carbocycles. The molecule has 1 aromatic rings. The molecule has 0 bridgehead atoms. The number of nitrogens with zero attached hydrogens (tertiary/aromatic N) is 1. The molecule has 0 atom stereocenters. The number of nitrogen functional groups attached to an aromatic ring is 1. The lowest BCUT2D eigenvalue weighted by molar-refractivity contribution is 0.0590. The number of hydrogen-bond donors (Lipinski definition) is 1. The summed E-state index contributed by atoms with van der Waals surface area (Å²) in [7, 11) is 1.18. The van der Waals surface area contributed by atoms with Crippen LogP contribution in [0.1, 0.15) is 10.5 Å². The van der Waals surface area contributed by atoms with Gasteiger partial charge in [0.25, 0.3) is 6.43 Å². The van der Waals surface area contributed by atoms with Gasteiger partial charge in [0.1, 0.15) is 0 Å². The number of hydrogen-bond acceptors (Lipinski definition) is 5. The highest BCUT2D eigenvalue weighted by atomic mass is 19.3. The molecule has 5 nitrogen and oxygen atoms in total. The molecule has 0 aromatic carbocycles. The van der Waals surface area contributed by atoms with Crippen molar-refractivity contribution in [3.8, 4) is 5.88 Å². The summed E-state index contributed by atoms with van der Waals surface area (Å²) in [6.07, 6.45) is -2.64. The number of esters is 1. The van der Waals surface area contributed by atoms with Crippen molar-refractivity contribution in [2.24, 2.45) is 0 Å². The first-order chi connectivity index (χ1) is 7.54. The highest BCUT2D eigenvalue weighted by Crippen LogP contribution is 2.19. The van der Waals surface area contributed by atoms with Crippen LogP contribution in [0.25, 0.3) is 0 Å². The molecule has 0 radical (unpaired) electrons. The normalized spacial score (nSPS) is 10.2. The molecular formula is C9H10F2N2O3. The number of nitrogens with two attached hydrogens (primary N) is 1. The molecule has 0 aliphatic carbocycles. The molecule has 0 spiro atoms. The number of pyridine rings is 1. The molecule has 88 valence electrons. The molecule has 0 unspecified atom stereocenters. The van der Waals surface area contributed by atoms with Gasteiger partial charge in [-0.05, 0) is 12.1 Å². The summed E-state index contributed by atoms with van der Waals surface area (Å²) in [5, 5.41) is 0. The lowest BCUT2D eigenvalue weighted by Crippen LogP contribution is -2.12. The summed E-state index contributed by atoms with van der Waals surface area (Å²) < 4.78 is 32.8. The standard InChI is InChI=1S/C9H10F2N2O3/c1-15-9(14)6-3-2-5(12)8(13-6)16-4-7(10)11/h2-3,7H,4,12H2,1H3. The average molecular weight is 232 g/mol. The number of rotatable bonds is 4. The Labute approximate surface area is 90.2 Å². The van der Waals surface area contributed by atoms with Gasteiger partial charge in [0.15, 0.2) is 12.3 Å². The van der Waals surface area contributed by atoms with Gasteiger partial charge in [0.05, 0.1) is 12.8 Å². The number of carbonyl (C=O) groups excluding carboxylic acids is 1. The van der Waals surface area contributed by atoms with Gasteiger partial charge in [-0.3, -0.25) is 0 Å². The van der Waals surface area contributed by atoms with Gasteiger partial charge in [0, 0.05) is 0 Å². The predicted molar refractivity (Wildman–Crippen MR) is 51.5 cm³/mol. The topological polar surface area (TPSA) is 74.4 Å². The molecule has 0 aliphatic heterocycles. The Kier molecular flexibility index (Phi) is 3.98. The van der Waals surface area contributed by atoms with Crippen molar-refractivity contribution in [2.45, 2.75) is 6.43 Å². The Morgan fingerprint density at radius 3 is 2.81 bits per heavy atom. The van der Waals surface area contributed by atoms with Crippen molar-refractivity contribution in [3.05, 3.63) is 17.8 Å². The number of alkyl halides is 2. The van der Waals surface area contributed by atoms with E-state index in [0.29, 0.717) is 0 Å². The summed E-state index contributed by atoms with van der Waals surface area (Å²) in [5.74, 6) is -0.898. The molecule has 1 aromatic heterocycles. The Bertz CT molecular complexity index is 385. The third-order valence-electron chi connectivity index (χ3n) is 1.63. The lowest BCUT2D eigenvalue weighted by Gasteiger charge is -2.08. The molecule has 1 heterocycles. The molecule has 0 saturated heterocycles. The summed E-state index contributed by atoms with van der Waals surface area (Å²) in [4.78, 5) is 14.7. The van der Waals surface area contributed by atoms with Gasteiger partial charge in [-0.1, -0.05) is 0 Å². The van der Waals surface area contributed by atoms with E-state index in [1.807, 2.05) is 0 Å². The quantitative estimate of drug-likeness (QED) is 0.786. The number of carbonyl (C=O) groups is 1. The molecule has 1 rings (SSSR count). The van der Waals surface area contributed by atoms with Crippen molar-refractivity contribution in [1.29, 1.82) is 0 Å². The second-order valence-electron chi connectivity index (χ2n) is 2.78. The molecule has 0 fully saturated rings. The smallest absolute Gasteiger partial charge is 0.356 e. The zero-order valence-corrected chi connectivity index (χ0v) is 8.44. The van der Waals surface area contributed by atoms with Crippen LogP contribution in [-0.2, 0) is 4.74 Å². The number of aromatic nitrogens is 1. The van der Waals surface area contributed by atoms with Gasteiger partial charge >= 0.3 is 5.97 Å². The first-order valence-corrected chi connectivity index (χ1v) is 4.30. The maximum absolute atomic E-state index is 11.9. The number of anilines is 1. The van der Waals surface area contributed by atoms with E-state index in [-0.39, 0.29) is 17.3 Å². The van der Waals surface area contributed by atoms with Crippen molar-refractivity contribution in [3.63, 3.8) is 0 Å². The second-order valence-corrected chi connectivity index (χ2v) is 2.78. The van der Waals surface area contributed by atoms with Gasteiger partial charge in [-0.2, -0.15) is 0 Å². The van der Waals surface area contributed by atoms with E-state index in [4.69, 9.17) is 5.73 Å². The minimum atomic E-state index is -2.64. The predicted octanol–water partition coefficient (Wildman–Crippen LogP) is 1.09. The molecule has 2 N–H and O–H groups in total. The Balaban J connectivity index is 2.86. The summed E-state index contributed by atoms with van der Waals surface area (Å²) in [5.41, 5.74) is 5.46. The SMILES string of the molecule is COC(=O)c1ccc(N)c(OCC(F)F)n1. The molecular weight excluding hydrogens is 222 g/mol. The van der Waals surface area contributed by atoms with E-state index in [2.05, 4.69) is 14.5 Å². The monoisotopic (exact) mass is 232 g/mol. The number of methoxy groups -OCH3 is 1. The molecule has 0 aliphatic rings. The third kappa shape index (κ3) is 3.04. The van der Waals surface area contributed by atoms with E-state index in [9.17, 15) is 13.6 Å². The van der Waals surface area contributed by atoms with Crippen LogP contribution in [0.5, 0.6) is 5.88 Å². The molecule has 16 heavy (non-hydrogen) atoms. The second kappa shape index (κ2) is 5.24.